The number of hydrogen-bond donors (Lipinski definition) is 1. The summed E-state index contributed by atoms with van der Waals surface area (Å²) in [6.45, 7) is 9.15. The minimum Gasteiger partial charge on any atom is -0.350 e. The summed E-state index contributed by atoms with van der Waals surface area (Å²) >= 11 is 0. The Kier molecular flexibility index (Phi) is 10.3. The lowest BCUT2D eigenvalue weighted by Crippen LogP contribution is -2.56. The zero-order valence-corrected chi connectivity index (χ0v) is 26.8. The van der Waals surface area contributed by atoms with Crippen LogP contribution in [0.3, 0.4) is 0 Å². The fourth-order valence-corrected chi connectivity index (χ4v) is 6.44. The lowest BCUT2D eigenvalue weighted by atomic mass is 10.00. The van der Waals surface area contributed by atoms with Crippen LogP contribution in [0.25, 0.3) is 0 Å². The van der Waals surface area contributed by atoms with Gasteiger partial charge in [-0.2, -0.15) is 0 Å². The van der Waals surface area contributed by atoms with Crippen molar-refractivity contribution in [2.45, 2.75) is 64.1 Å². The van der Waals surface area contributed by atoms with Gasteiger partial charge in [-0.25, -0.2) is 8.42 Å². The summed E-state index contributed by atoms with van der Waals surface area (Å²) in [5.41, 5.74) is 3.40. The van der Waals surface area contributed by atoms with Gasteiger partial charge in [0.1, 0.15) is 12.6 Å². The van der Waals surface area contributed by atoms with E-state index in [0.717, 1.165) is 26.6 Å². The largest absolute Gasteiger partial charge is 0.350 e. The van der Waals surface area contributed by atoms with Crippen LogP contribution in [0, 0.1) is 13.8 Å². The summed E-state index contributed by atoms with van der Waals surface area (Å²) in [6, 6.07) is 31.5. The molecule has 1 atom stereocenters. The maximum Gasteiger partial charge on any atom is 0.264 e. The van der Waals surface area contributed by atoms with E-state index in [1.807, 2.05) is 95.3 Å². The number of nitrogens with one attached hydrogen (secondary N) is 1. The average molecular weight is 612 g/mol. The predicted molar refractivity (Wildman–Crippen MR) is 176 cm³/mol. The van der Waals surface area contributed by atoms with Gasteiger partial charge in [-0.05, 0) is 81.1 Å². The van der Waals surface area contributed by atoms with Gasteiger partial charge in [-0.15, -0.1) is 0 Å². The van der Waals surface area contributed by atoms with E-state index in [0.29, 0.717) is 5.69 Å². The number of hydrogen-bond acceptors (Lipinski definition) is 4. The molecule has 0 aromatic heterocycles. The van der Waals surface area contributed by atoms with Gasteiger partial charge in [0.2, 0.25) is 11.8 Å². The minimum atomic E-state index is -4.13. The summed E-state index contributed by atoms with van der Waals surface area (Å²) in [7, 11) is -4.13. The molecule has 2 amide bonds. The number of nitrogens with zero attached hydrogens (tertiary/aromatic N) is 2. The van der Waals surface area contributed by atoms with Gasteiger partial charge in [0.25, 0.3) is 10.0 Å². The van der Waals surface area contributed by atoms with Crippen LogP contribution < -0.4 is 9.62 Å². The molecule has 0 aliphatic heterocycles. The van der Waals surface area contributed by atoms with Crippen molar-refractivity contribution in [3.05, 3.63) is 131 Å². The van der Waals surface area contributed by atoms with Crippen LogP contribution in [-0.4, -0.2) is 43.3 Å². The molecule has 0 spiro atoms. The van der Waals surface area contributed by atoms with Gasteiger partial charge in [0, 0.05) is 18.5 Å². The molecule has 230 valence electrons. The Balaban J connectivity index is 1.82. The van der Waals surface area contributed by atoms with Crippen LogP contribution in [0.2, 0.25) is 0 Å². The summed E-state index contributed by atoms with van der Waals surface area (Å²) in [5.74, 6) is -0.796. The first-order valence-electron chi connectivity index (χ1n) is 14.7. The summed E-state index contributed by atoms with van der Waals surface area (Å²) in [4.78, 5) is 30.1. The monoisotopic (exact) mass is 611 g/mol. The zero-order chi connectivity index (χ0) is 31.9. The summed E-state index contributed by atoms with van der Waals surface area (Å²) in [5, 5.41) is 3.06. The van der Waals surface area contributed by atoms with Crippen molar-refractivity contribution in [2.75, 3.05) is 10.8 Å². The molecular weight excluding hydrogens is 570 g/mol. The zero-order valence-electron chi connectivity index (χ0n) is 26.0. The molecule has 44 heavy (non-hydrogen) atoms. The first-order chi connectivity index (χ1) is 20.8. The van der Waals surface area contributed by atoms with Crippen molar-refractivity contribution in [3.63, 3.8) is 0 Å². The molecule has 0 saturated heterocycles. The normalized spacial score (nSPS) is 12.3. The molecule has 0 heterocycles. The van der Waals surface area contributed by atoms with E-state index in [4.69, 9.17) is 0 Å². The number of amides is 2. The maximum absolute atomic E-state index is 14.5. The highest BCUT2D eigenvalue weighted by molar-refractivity contribution is 7.92. The minimum absolute atomic E-state index is 0.0751. The number of sulfonamides is 1. The van der Waals surface area contributed by atoms with E-state index in [-0.39, 0.29) is 23.8 Å². The number of benzene rings is 4. The van der Waals surface area contributed by atoms with Crippen molar-refractivity contribution in [1.29, 1.82) is 0 Å². The molecular formula is C36H41N3O4S. The second kappa shape index (κ2) is 13.9. The predicted octanol–water partition coefficient (Wildman–Crippen LogP) is 6.05. The molecule has 0 fully saturated rings. The maximum atomic E-state index is 14.5. The highest BCUT2D eigenvalue weighted by Gasteiger charge is 2.35. The third-order valence-corrected chi connectivity index (χ3v) is 9.06. The molecule has 4 aromatic carbocycles. The molecule has 0 aliphatic rings. The van der Waals surface area contributed by atoms with Crippen molar-refractivity contribution in [2.24, 2.45) is 0 Å². The van der Waals surface area contributed by atoms with Crippen LogP contribution in [0.5, 0.6) is 0 Å². The van der Waals surface area contributed by atoms with Crippen molar-refractivity contribution in [1.82, 2.24) is 10.2 Å². The molecule has 4 aromatic rings. The lowest BCUT2D eigenvalue weighted by Gasteiger charge is -2.35. The molecule has 0 bridgehead atoms. The first-order valence-corrected chi connectivity index (χ1v) is 16.1. The van der Waals surface area contributed by atoms with E-state index < -0.39 is 34.1 Å². The Morgan fingerprint density at radius 2 is 1.41 bits per heavy atom. The second-order valence-electron chi connectivity index (χ2n) is 12.1. The van der Waals surface area contributed by atoms with Gasteiger partial charge in [0.15, 0.2) is 0 Å². The van der Waals surface area contributed by atoms with Gasteiger partial charge < -0.3 is 10.2 Å². The number of aryl methyl sites for hydroxylation is 2. The van der Waals surface area contributed by atoms with Crippen LogP contribution in [0.15, 0.2) is 114 Å². The fourth-order valence-electron chi connectivity index (χ4n) is 5.01. The third kappa shape index (κ3) is 8.35. The second-order valence-corrected chi connectivity index (χ2v) is 13.9. The number of anilines is 1. The van der Waals surface area contributed by atoms with Crippen LogP contribution in [-0.2, 0) is 32.6 Å². The lowest BCUT2D eigenvalue weighted by molar-refractivity contribution is -0.140. The fraction of sp³-hybridized carbons (Fsp3) is 0.278. The van der Waals surface area contributed by atoms with Crippen LogP contribution in [0.1, 0.15) is 43.0 Å². The Labute approximate surface area is 261 Å². The molecule has 0 aliphatic carbocycles. The Bertz CT molecular complexity index is 1680. The van der Waals surface area contributed by atoms with E-state index in [2.05, 4.69) is 5.32 Å². The molecule has 7 nitrogen and oxygen atoms in total. The first kappa shape index (κ1) is 32.5. The molecule has 0 unspecified atom stereocenters. The highest BCUT2D eigenvalue weighted by atomic mass is 32.2. The summed E-state index contributed by atoms with van der Waals surface area (Å²) < 4.78 is 29.3. The Hall–Kier alpha value is -4.43. The Morgan fingerprint density at radius 3 is 2.02 bits per heavy atom. The average Bonchev–Trinajstić information content (AvgIpc) is 2.98. The molecule has 4 rings (SSSR count). The Morgan fingerprint density at radius 1 is 0.795 bits per heavy atom. The topological polar surface area (TPSA) is 86.8 Å². The number of rotatable bonds is 11. The van der Waals surface area contributed by atoms with Gasteiger partial charge in [-0.1, -0.05) is 84.9 Å². The van der Waals surface area contributed by atoms with Crippen molar-refractivity contribution in [3.8, 4) is 0 Å². The van der Waals surface area contributed by atoms with E-state index in [1.54, 1.807) is 36.4 Å². The van der Waals surface area contributed by atoms with Crippen LogP contribution in [0.4, 0.5) is 5.69 Å². The van der Waals surface area contributed by atoms with Gasteiger partial charge in [0.05, 0.1) is 10.6 Å². The van der Waals surface area contributed by atoms with Crippen molar-refractivity contribution < 1.29 is 18.0 Å². The summed E-state index contributed by atoms with van der Waals surface area (Å²) in [6.07, 6.45) is 0.260. The van der Waals surface area contributed by atoms with Gasteiger partial charge in [-0.3, -0.25) is 13.9 Å². The smallest absolute Gasteiger partial charge is 0.264 e. The number of carbonyl (C=O) groups is 2. The molecule has 8 heteroatoms. The van der Waals surface area contributed by atoms with Crippen molar-refractivity contribution >= 4 is 27.5 Å². The standard InChI is InChI=1S/C36H41N3O4S/c1-27-15-14-20-31(23-27)39(44(42,43)32-21-10-7-11-22-32)26-34(40)38(25-30-19-13-12-16-28(30)2)33(35(41)37-36(3,4)5)24-29-17-8-6-9-18-29/h6-23,33H,24-26H2,1-5H3,(H,37,41)/t33-/m1/s1. The number of carbonyl (C=O) groups excluding carboxylic acids is 2. The molecule has 0 radical (unpaired) electrons. The highest BCUT2D eigenvalue weighted by Crippen LogP contribution is 2.26. The van der Waals surface area contributed by atoms with E-state index in [1.165, 1.54) is 17.0 Å². The van der Waals surface area contributed by atoms with Gasteiger partial charge >= 0.3 is 0 Å². The molecule has 0 saturated carbocycles. The van der Waals surface area contributed by atoms with E-state index >= 15 is 0 Å². The van der Waals surface area contributed by atoms with Crippen LogP contribution >= 0.6 is 0 Å². The molecule has 1 N–H and O–H groups in total. The van der Waals surface area contributed by atoms with E-state index in [9.17, 15) is 18.0 Å². The SMILES string of the molecule is Cc1cccc(N(CC(=O)N(Cc2ccccc2C)[C@H](Cc2ccccc2)C(=O)NC(C)(C)C)S(=O)(=O)c2ccccc2)c1. The quantitative estimate of drug-likeness (QED) is 0.224. The third-order valence-electron chi connectivity index (χ3n) is 7.27.